The van der Waals surface area contributed by atoms with Crippen molar-refractivity contribution in [1.29, 1.82) is 0 Å². The van der Waals surface area contributed by atoms with Crippen molar-refractivity contribution in [1.82, 2.24) is 0 Å². The first-order chi connectivity index (χ1) is 5.07. The van der Waals surface area contributed by atoms with E-state index in [9.17, 15) is 4.79 Å². The van der Waals surface area contributed by atoms with Gasteiger partial charge in [-0.05, 0) is 13.3 Å². The molecule has 0 aliphatic carbocycles. The molecule has 0 spiro atoms. The summed E-state index contributed by atoms with van der Waals surface area (Å²) < 4.78 is 4.89. The Morgan fingerprint density at radius 3 is 2.55 bits per heavy atom. The van der Waals surface area contributed by atoms with Crippen molar-refractivity contribution >= 4 is 17.6 Å². The second-order valence-electron chi connectivity index (χ2n) is 2.62. The third-order valence-electron chi connectivity index (χ3n) is 1.43. The van der Waals surface area contributed by atoms with Crippen LogP contribution in [0.3, 0.4) is 0 Å². The monoisotopic (exact) mass is 178 g/mol. The van der Waals surface area contributed by atoms with Crippen molar-refractivity contribution in [2.24, 2.45) is 0 Å². The number of carbonyl (C=O) groups is 1. The van der Waals surface area contributed by atoms with Gasteiger partial charge in [-0.15, -0.1) is 11.6 Å². The number of rotatable bonds is 4. The Hall–Kier alpha value is -0.240. The SMILES string of the molecule is CCCC(Cl)C(C)OC(C)=O. The van der Waals surface area contributed by atoms with Gasteiger partial charge in [0, 0.05) is 6.92 Å². The lowest BCUT2D eigenvalue weighted by molar-refractivity contribution is -0.145. The molecule has 0 aliphatic heterocycles. The van der Waals surface area contributed by atoms with E-state index in [1.807, 2.05) is 6.92 Å². The van der Waals surface area contributed by atoms with Gasteiger partial charge in [-0.3, -0.25) is 4.79 Å². The zero-order valence-electron chi connectivity index (χ0n) is 7.26. The Labute approximate surface area is 72.9 Å². The molecule has 0 aliphatic rings. The molecule has 0 saturated carbocycles. The molecule has 66 valence electrons. The standard InChI is InChI=1S/C8H15ClO2/c1-4-5-8(9)6(2)11-7(3)10/h6,8H,4-5H2,1-3H3. The van der Waals surface area contributed by atoms with Gasteiger partial charge in [0.25, 0.3) is 0 Å². The third kappa shape index (κ3) is 5.08. The molecular formula is C8H15ClO2. The molecule has 0 aromatic carbocycles. The molecule has 2 nitrogen and oxygen atoms in total. The molecular weight excluding hydrogens is 164 g/mol. The first-order valence-electron chi connectivity index (χ1n) is 3.89. The summed E-state index contributed by atoms with van der Waals surface area (Å²) in [4.78, 5) is 10.5. The fourth-order valence-corrected chi connectivity index (χ4v) is 1.12. The number of carbonyl (C=O) groups excluding carboxylic acids is 1. The molecule has 0 fully saturated rings. The Morgan fingerprint density at radius 1 is 1.64 bits per heavy atom. The summed E-state index contributed by atoms with van der Waals surface area (Å²) in [5.74, 6) is -0.265. The van der Waals surface area contributed by atoms with Gasteiger partial charge in [-0.2, -0.15) is 0 Å². The van der Waals surface area contributed by atoms with Gasteiger partial charge in [0.1, 0.15) is 6.10 Å². The molecule has 0 radical (unpaired) electrons. The van der Waals surface area contributed by atoms with E-state index >= 15 is 0 Å². The predicted molar refractivity (Wildman–Crippen MR) is 45.8 cm³/mol. The summed E-state index contributed by atoms with van der Waals surface area (Å²) in [6, 6.07) is 0. The highest BCUT2D eigenvalue weighted by Gasteiger charge is 2.15. The molecule has 2 unspecified atom stereocenters. The van der Waals surface area contributed by atoms with E-state index in [-0.39, 0.29) is 17.5 Å². The number of alkyl halides is 1. The van der Waals surface area contributed by atoms with Crippen molar-refractivity contribution in [3.63, 3.8) is 0 Å². The van der Waals surface area contributed by atoms with Crippen LogP contribution in [0.4, 0.5) is 0 Å². The molecule has 0 N–H and O–H groups in total. The number of hydrogen-bond acceptors (Lipinski definition) is 2. The Kier molecular flexibility index (Phi) is 5.30. The van der Waals surface area contributed by atoms with Crippen LogP contribution >= 0.6 is 11.6 Å². The van der Waals surface area contributed by atoms with Crippen LogP contribution in [0, 0.1) is 0 Å². The maximum atomic E-state index is 10.5. The summed E-state index contributed by atoms with van der Waals surface area (Å²) >= 11 is 5.90. The quantitative estimate of drug-likeness (QED) is 0.488. The average molecular weight is 179 g/mol. The Morgan fingerprint density at radius 2 is 2.18 bits per heavy atom. The van der Waals surface area contributed by atoms with Crippen molar-refractivity contribution in [2.75, 3.05) is 0 Å². The van der Waals surface area contributed by atoms with Crippen LogP contribution in [0.1, 0.15) is 33.6 Å². The molecule has 2 atom stereocenters. The molecule has 0 amide bonds. The molecule has 11 heavy (non-hydrogen) atoms. The largest absolute Gasteiger partial charge is 0.461 e. The van der Waals surface area contributed by atoms with E-state index in [1.54, 1.807) is 0 Å². The van der Waals surface area contributed by atoms with Gasteiger partial charge in [0.2, 0.25) is 0 Å². The minimum Gasteiger partial charge on any atom is -0.461 e. The molecule has 0 heterocycles. The molecule has 0 aromatic heterocycles. The lowest BCUT2D eigenvalue weighted by Gasteiger charge is -2.16. The van der Waals surface area contributed by atoms with E-state index < -0.39 is 0 Å². The van der Waals surface area contributed by atoms with E-state index in [2.05, 4.69) is 6.92 Å². The van der Waals surface area contributed by atoms with Gasteiger partial charge in [-0.1, -0.05) is 13.3 Å². The Bertz CT molecular complexity index is 125. The highest BCUT2D eigenvalue weighted by atomic mass is 35.5. The van der Waals surface area contributed by atoms with Gasteiger partial charge in [0.15, 0.2) is 0 Å². The molecule has 0 bridgehead atoms. The normalized spacial score (nSPS) is 15.6. The van der Waals surface area contributed by atoms with Crippen molar-refractivity contribution in [2.45, 2.75) is 45.1 Å². The molecule has 0 saturated heterocycles. The third-order valence-corrected chi connectivity index (χ3v) is 2.00. The lowest BCUT2D eigenvalue weighted by atomic mass is 10.2. The molecule has 0 rings (SSSR count). The topological polar surface area (TPSA) is 26.3 Å². The van der Waals surface area contributed by atoms with Crippen LogP contribution in [-0.4, -0.2) is 17.5 Å². The predicted octanol–water partition coefficient (Wildman–Crippen LogP) is 2.35. The average Bonchev–Trinajstić information content (AvgIpc) is 1.86. The summed E-state index contributed by atoms with van der Waals surface area (Å²) in [5, 5.41) is -0.0519. The van der Waals surface area contributed by atoms with Gasteiger partial charge in [-0.25, -0.2) is 0 Å². The zero-order valence-corrected chi connectivity index (χ0v) is 8.02. The highest BCUT2D eigenvalue weighted by Crippen LogP contribution is 2.12. The fourth-order valence-electron chi connectivity index (χ4n) is 0.846. The lowest BCUT2D eigenvalue weighted by Crippen LogP contribution is -2.23. The van der Waals surface area contributed by atoms with Crippen LogP contribution in [0.25, 0.3) is 0 Å². The zero-order chi connectivity index (χ0) is 8.85. The maximum Gasteiger partial charge on any atom is 0.302 e. The second kappa shape index (κ2) is 5.42. The first kappa shape index (κ1) is 10.8. The summed E-state index contributed by atoms with van der Waals surface area (Å²) in [7, 11) is 0. The van der Waals surface area contributed by atoms with E-state index in [0.717, 1.165) is 12.8 Å². The van der Waals surface area contributed by atoms with Crippen LogP contribution < -0.4 is 0 Å². The van der Waals surface area contributed by atoms with Crippen LogP contribution in [0.15, 0.2) is 0 Å². The maximum absolute atomic E-state index is 10.5. The fraction of sp³-hybridized carbons (Fsp3) is 0.875. The van der Waals surface area contributed by atoms with Crippen LogP contribution in [0.5, 0.6) is 0 Å². The van der Waals surface area contributed by atoms with Crippen LogP contribution in [-0.2, 0) is 9.53 Å². The van der Waals surface area contributed by atoms with Gasteiger partial charge >= 0.3 is 5.97 Å². The smallest absolute Gasteiger partial charge is 0.302 e. The molecule has 3 heteroatoms. The number of ether oxygens (including phenoxy) is 1. The minimum atomic E-state index is -0.265. The van der Waals surface area contributed by atoms with E-state index in [4.69, 9.17) is 16.3 Å². The Balaban J connectivity index is 3.63. The van der Waals surface area contributed by atoms with Gasteiger partial charge < -0.3 is 4.74 Å². The number of esters is 1. The second-order valence-corrected chi connectivity index (χ2v) is 3.18. The van der Waals surface area contributed by atoms with Gasteiger partial charge in [0.05, 0.1) is 5.38 Å². The summed E-state index contributed by atoms with van der Waals surface area (Å²) in [6.07, 6.45) is 1.73. The number of halogens is 1. The minimum absolute atomic E-state index is 0.0519. The van der Waals surface area contributed by atoms with E-state index in [0.29, 0.717) is 0 Å². The van der Waals surface area contributed by atoms with E-state index in [1.165, 1.54) is 6.92 Å². The van der Waals surface area contributed by atoms with Crippen LogP contribution in [0.2, 0.25) is 0 Å². The summed E-state index contributed by atoms with van der Waals surface area (Å²) in [5.41, 5.74) is 0. The molecule has 0 aromatic rings. The van der Waals surface area contributed by atoms with Crippen molar-refractivity contribution < 1.29 is 9.53 Å². The van der Waals surface area contributed by atoms with Crippen molar-refractivity contribution in [3.05, 3.63) is 0 Å². The highest BCUT2D eigenvalue weighted by molar-refractivity contribution is 6.21. The number of hydrogen-bond donors (Lipinski definition) is 0. The van der Waals surface area contributed by atoms with Crippen molar-refractivity contribution in [3.8, 4) is 0 Å². The summed E-state index contributed by atoms with van der Waals surface area (Å²) in [6.45, 7) is 5.26. The first-order valence-corrected chi connectivity index (χ1v) is 4.32.